The summed E-state index contributed by atoms with van der Waals surface area (Å²) in [5.74, 6) is -1.06. The van der Waals surface area contributed by atoms with Crippen molar-refractivity contribution in [2.75, 3.05) is 20.8 Å². The van der Waals surface area contributed by atoms with Crippen molar-refractivity contribution in [3.05, 3.63) is 0 Å². The minimum atomic E-state index is -1.26. The maximum atomic E-state index is 11.9. The van der Waals surface area contributed by atoms with Gasteiger partial charge in [0.05, 0.1) is 12.1 Å². The van der Waals surface area contributed by atoms with Gasteiger partial charge in [-0.15, -0.1) is 0 Å². The monoisotopic (exact) mass is 246 g/mol. The molecule has 0 aliphatic rings. The topological polar surface area (TPSA) is 78.9 Å². The van der Waals surface area contributed by atoms with E-state index in [-0.39, 0.29) is 0 Å². The SMILES string of the molecule is COCC(C)(C)NC(=O)N(C)C(C)(C)C(=O)O. The number of nitrogens with one attached hydrogen (secondary N) is 1. The van der Waals surface area contributed by atoms with Crippen molar-refractivity contribution >= 4 is 12.0 Å². The van der Waals surface area contributed by atoms with Gasteiger partial charge in [0.25, 0.3) is 0 Å². The van der Waals surface area contributed by atoms with Crippen molar-refractivity contribution in [3.63, 3.8) is 0 Å². The smallest absolute Gasteiger partial charge is 0.329 e. The summed E-state index contributed by atoms with van der Waals surface area (Å²) in [5, 5.41) is 11.7. The molecule has 0 fully saturated rings. The maximum absolute atomic E-state index is 11.9. The summed E-state index contributed by atoms with van der Waals surface area (Å²) in [7, 11) is 2.99. The Bertz CT molecular complexity index is 300. The highest BCUT2D eigenvalue weighted by Gasteiger charge is 2.36. The number of methoxy groups -OCH3 is 1. The Morgan fingerprint density at radius 1 is 1.29 bits per heavy atom. The number of carboxylic acid groups (broad SMARTS) is 1. The quantitative estimate of drug-likeness (QED) is 0.756. The summed E-state index contributed by atoms with van der Waals surface area (Å²) in [6.45, 7) is 6.89. The van der Waals surface area contributed by atoms with Gasteiger partial charge in [0, 0.05) is 14.2 Å². The molecule has 0 heterocycles. The number of aliphatic carboxylic acids is 1. The van der Waals surface area contributed by atoms with Crippen molar-refractivity contribution < 1.29 is 19.4 Å². The molecular weight excluding hydrogens is 224 g/mol. The Morgan fingerprint density at radius 3 is 2.12 bits per heavy atom. The van der Waals surface area contributed by atoms with Crippen LogP contribution >= 0.6 is 0 Å². The minimum absolute atomic E-state index is 0.347. The van der Waals surface area contributed by atoms with E-state index in [1.807, 2.05) is 0 Å². The van der Waals surface area contributed by atoms with Crippen LogP contribution in [0.25, 0.3) is 0 Å². The third kappa shape index (κ3) is 4.22. The van der Waals surface area contributed by atoms with Gasteiger partial charge in [0.2, 0.25) is 0 Å². The van der Waals surface area contributed by atoms with Gasteiger partial charge in [-0.3, -0.25) is 0 Å². The lowest BCUT2D eigenvalue weighted by atomic mass is 10.0. The van der Waals surface area contributed by atoms with Gasteiger partial charge in [-0.2, -0.15) is 0 Å². The van der Waals surface area contributed by atoms with Crippen molar-refractivity contribution in [1.29, 1.82) is 0 Å². The zero-order chi connectivity index (χ0) is 13.9. The van der Waals surface area contributed by atoms with Crippen LogP contribution in [0.4, 0.5) is 4.79 Å². The molecule has 17 heavy (non-hydrogen) atoms. The molecule has 100 valence electrons. The summed E-state index contributed by atoms with van der Waals surface area (Å²) in [6, 6.07) is -0.445. The van der Waals surface area contributed by atoms with Gasteiger partial charge < -0.3 is 20.1 Å². The fraction of sp³-hybridized carbons (Fsp3) is 0.818. The van der Waals surface area contributed by atoms with Crippen LogP contribution in [0, 0.1) is 0 Å². The van der Waals surface area contributed by atoms with Gasteiger partial charge in [-0.1, -0.05) is 0 Å². The van der Waals surface area contributed by atoms with Gasteiger partial charge >= 0.3 is 12.0 Å². The number of nitrogens with zero attached hydrogens (tertiary/aromatic N) is 1. The molecule has 0 saturated carbocycles. The maximum Gasteiger partial charge on any atom is 0.329 e. The van der Waals surface area contributed by atoms with E-state index in [0.717, 1.165) is 4.90 Å². The normalized spacial score (nSPS) is 12.1. The Morgan fingerprint density at radius 2 is 1.76 bits per heavy atom. The zero-order valence-electron chi connectivity index (χ0n) is 11.3. The van der Waals surface area contributed by atoms with E-state index in [1.54, 1.807) is 21.0 Å². The van der Waals surface area contributed by atoms with Crippen LogP contribution in [0.1, 0.15) is 27.7 Å². The molecule has 6 nitrogen and oxygen atoms in total. The third-order valence-electron chi connectivity index (χ3n) is 2.62. The lowest BCUT2D eigenvalue weighted by Gasteiger charge is -2.35. The summed E-state index contributed by atoms with van der Waals surface area (Å²) < 4.78 is 4.97. The number of amides is 2. The second-order valence-electron chi connectivity index (χ2n) is 5.17. The number of hydrogen-bond acceptors (Lipinski definition) is 3. The van der Waals surface area contributed by atoms with Gasteiger partial charge in [0.15, 0.2) is 0 Å². The van der Waals surface area contributed by atoms with E-state index in [2.05, 4.69) is 5.32 Å². The second kappa shape index (κ2) is 5.35. The summed E-state index contributed by atoms with van der Waals surface area (Å²) in [5.41, 5.74) is -1.80. The molecule has 0 rings (SSSR count). The average Bonchev–Trinajstić information content (AvgIpc) is 2.15. The molecule has 0 atom stereocenters. The zero-order valence-corrected chi connectivity index (χ0v) is 11.3. The predicted octanol–water partition coefficient (Wildman–Crippen LogP) is 0.916. The Kier molecular flexibility index (Phi) is 4.94. The van der Waals surface area contributed by atoms with Crippen LogP contribution in [0.2, 0.25) is 0 Å². The Labute approximate surface area is 102 Å². The standard InChI is InChI=1S/C11H22N2O4/c1-10(2,7-17-6)12-9(16)13(5)11(3,4)8(14)15/h7H2,1-6H3,(H,12,16)(H,14,15). The third-order valence-corrected chi connectivity index (χ3v) is 2.62. The van der Waals surface area contributed by atoms with Crippen LogP contribution in [-0.2, 0) is 9.53 Å². The highest BCUT2D eigenvalue weighted by atomic mass is 16.5. The van der Waals surface area contributed by atoms with Crippen LogP contribution in [0.15, 0.2) is 0 Å². The second-order valence-corrected chi connectivity index (χ2v) is 5.17. The first-order valence-corrected chi connectivity index (χ1v) is 5.33. The molecule has 0 radical (unpaired) electrons. The molecule has 0 spiro atoms. The number of carbonyl (C=O) groups is 2. The van der Waals surface area contributed by atoms with Gasteiger partial charge in [-0.25, -0.2) is 9.59 Å². The number of ether oxygens (including phenoxy) is 1. The Balaban J connectivity index is 4.68. The first-order chi connectivity index (χ1) is 7.54. The molecule has 0 aliphatic carbocycles. The summed E-state index contributed by atoms with van der Waals surface area (Å²) >= 11 is 0. The lowest BCUT2D eigenvalue weighted by Crippen LogP contribution is -2.58. The fourth-order valence-electron chi connectivity index (χ4n) is 1.17. The van der Waals surface area contributed by atoms with E-state index >= 15 is 0 Å². The van der Waals surface area contributed by atoms with Crippen molar-refractivity contribution in [1.82, 2.24) is 10.2 Å². The molecule has 0 aromatic heterocycles. The lowest BCUT2D eigenvalue weighted by molar-refractivity contribution is -0.147. The van der Waals surface area contributed by atoms with Crippen molar-refractivity contribution in [3.8, 4) is 0 Å². The van der Waals surface area contributed by atoms with Crippen LogP contribution in [0.3, 0.4) is 0 Å². The first kappa shape index (κ1) is 15.7. The average molecular weight is 246 g/mol. The largest absolute Gasteiger partial charge is 0.480 e. The van der Waals surface area contributed by atoms with E-state index in [4.69, 9.17) is 9.84 Å². The van der Waals surface area contributed by atoms with E-state index in [1.165, 1.54) is 20.9 Å². The first-order valence-electron chi connectivity index (χ1n) is 5.33. The number of rotatable bonds is 5. The highest BCUT2D eigenvalue weighted by molar-refractivity contribution is 5.85. The van der Waals surface area contributed by atoms with Gasteiger partial charge in [-0.05, 0) is 27.7 Å². The van der Waals surface area contributed by atoms with E-state index < -0.39 is 23.1 Å². The number of carboxylic acids is 1. The number of likely N-dealkylation sites (N-methyl/N-ethyl adjacent to an activating group) is 1. The molecule has 0 aromatic rings. The van der Waals surface area contributed by atoms with Crippen LogP contribution in [-0.4, -0.2) is 53.8 Å². The molecule has 0 unspecified atom stereocenters. The highest BCUT2D eigenvalue weighted by Crippen LogP contribution is 2.14. The molecule has 0 aliphatic heterocycles. The fourth-order valence-corrected chi connectivity index (χ4v) is 1.17. The predicted molar refractivity (Wildman–Crippen MR) is 64.0 cm³/mol. The molecule has 2 N–H and O–H groups in total. The Hall–Kier alpha value is -1.30. The minimum Gasteiger partial charge on any atom is -0.480 e. The molecular formula is C11H22N2O4. The molecule has 0 aromatic carbocycles. The molecule has 0 saturated heterocycles. The van der Waals surface area contributed by atoms with Crippen molar-refractivity contribution in [2.24, 2.45) is 0 Å². The molecule has 2 amide bonds. The number of urea groups is 1. The van der Waals surface area contributed by atoms with Crippen LogP contribution < -0.4 is 5.32 Å². The van der Waals surface area contributed by atoms with E-state index in [0.29, 0.717) is 6.61 Å². The van der Waals surface area contributed by atoms with Crippen molar-refractivity contribution in [2.45, 2.75) is 38.8 Å². The van der Waals surface area contributed by atoms with Gasteiger partial charge in [0.1, 0.15) is 5.54 Å². The number of hydrogen-bond donors (Lipinski definition) is 2. The number of carbonyl (C=O) groups excluding carboxylic acids is 1. The summed E-state index contributed by atoms with van der Waals surface area (Å²) in [4.78, 5) is 24.1. The van der Waals surface area contributed by atoms with Crippen LogP contribution in [0.5, 0.6) is 0 Å². The molecule has 0 bridgehead atoms. The summed E-state index contributed by atoms with van der Waals surface area (Å²) in [6.07, 6.45) is 0. The van der Waals surface area contributed by atoms with E-state index in [9.17, 15) is 9.59 Å². The molecule has 6 heteroatoms.